The summed E-state index contributed by atoms with van der Waals surface area (Å²) in [5, 5.41) is 0. The highest BCUT2D eigenvalue weighted by molar-refractivity contribution is 6.09. The second-order valence-corrected chi connectivity index (χ2v) is 6.70. The molecule has 1 aliphatic rings. The molecule has 1 heterocycles. The van der Waals surface area contributed by atoms with E-state index >= 15 is 0 Å². The van der Waals surface area contributed by atoms with Crippen LogP contribution >= 0.6 is 0 Å². The number of ketones is 2. The van der Waals surface area contributed by atoms with Crippen LogP contribution in [0.25, 0.3) is 6.08 Å². The van der Waals surface area contributed by atoms with Gasteiger partial charge in [0, 0.05) is 23.0 Å². The molecule has 1 aliphatic carbocycles. The van der Waals surface area contributed by atoms with Crippen LogP contribution in [0.1, 0.15) is 51.8 Å². The summed E-state index contributed by atoms with van der Waals surface area (Å²) in [7, 11) is 3.13. The molecule has 0 N–H and O–H groups in total. The molecule has 0 unspecified atom stereocenters. The number of rotatable bonds is 6. The third kappa shape index (κ3) is 3.33. The zero-order valence-corrected chi connectivity index (χ0v) is 15.7. The third-order valence-electron chi connectivity index (χ3n) is 5.06. The first-order valence-electron chi connectivity index (χ1n) is 8.66. The Morgan fingerprint density at radius 3 is 2.74 bits per heavy atom. The van der Waals surface area contributed by atoms with Gasteiger partial charge in [-0.25, -0.2) is 0 Å². The second kappa shape index (κ2) is 7.27. The number of hydrogen-bond donors (Lipinski definition) is 0. The molecule has 1 atom stereocenters. The zero-order valence-electron chi connectivity index (χ0n) is 15.7. The lowest BCUT2D eigenvalue weighted by Crippen LogP contribution is -2.28. The normalized spacial score (nSPS) is 19.0. The number of carbonyl (C=O) groups is 2. The van der Waals surface area contributed by atoms with Gasteiger partial charge in [-0.05, 0) is 36.8 Å². The van der Waals surface area contributed by atoms with Crippen molar-refractivity contribution in [3.63, 3.8) is 0 Å². The highest BCUT2D eigenvalue weighted by Crippen LogP contribution is 2.41. The lowest BCUT2D eigenvalue weighted by molar-refractivity contribution is 0.0961. The van der Waals surface area contributed by atoms with Gasteiger partial charge in [-0.3, -0.25) is 9.59 Å². The van der Waals surface area contributed by atoms with Gasteiger partial charge in [0.15, 0.2) is 11.5 Å². The van der Waals surface area contributed by atoms with E-state index in [0.717, 1.165) is 0 Å². The molecular formula is C22H22O5. The Bertz CT molecular complexity index is 934. The maximum atomic E-state index is 12.8. The van der Waals surface area contributed by atoms with Gasteiger partial charge in [-0.15, -0.1) is 6.58 Å². The van der Waals surface area contributed by atoms with Gasteiger partial charge in [-0.1, -0.05) is 13.0 Å². The summed E-state index contributed by atoms with van der Waals surface area (Å²) in [6.45, 7) is 5.85. The van der Waals surface area contributed by atoms with Crippen LogP contribution in [0.2, 0.25) is 0 Å². The Kier molecular flexibility index (Phi) is 5.04. The molecule has 1 aromatic carbocycles. The number of fused-ring (bicyclic) bond motifs is 1. The molecule has 0 fully saturated rings. The van der Waals surface area contributed by atoms with Crippen LogP contribution in [-0.2, 0) is 5.41 Å². The monoisotopic (exact) mass is 366 g/mol. The van der Waals surface area contributed by atoms with E-state index in [2.05, 4.69) is 6.58 Å². The van der Waals surface area contributed by atoms with Crippen LogP contribution in [0.3, 0.4) is 0 Å². The molecule has 0 saturated heterocycles. The molecule has 5 nitrogen and oxygen atoms in total. The highest BCUT2D eigenvalue weighted by Gasteiger charge is 2.39. The third-order valence-corrected chi connectivity index (χ3v) is 5.06. The summed E-state index contributed by atoms with van der Waals surface area (Å²) in [4.78, 5) is 25.0. The van der Waals surface area contributed by atoms with E-state index in [9.17, 15) is 9.59 Å². The number of Topliss-reactive ketones (excluding diaryl/α,β-unsaturated/α-hetero) is 1. The van der Waals surface area contributed by atoms with Crippen molar-refractivity contribution < 1.29 is 23.5 Å². The van der Waals surface area contributed by atoms with Gasteiger partial charge in [0.05, 0.1) is 19.8 Å². The lowest BCUT2D eigenvalue weighted by Gasteiger charge is -2.30. The number of benzene rings is 1. The van der Waals surface area contributed by atoms with Crippen molar-refractivity contribution in [2.24, 2.45) is 0 Å². The van der Waals surface area contributed by atoms with Crippen LogP contribution in [0, 0.1) is 0 Å². The van der Waals surface area contributed by atoms with Gasteiger partial charge >= 0.3 is 0 Å². The smallest absolute Gasteiger partial charge is 0.221 e. The SMILES string of the molecule is C=C[C@@]1(C)CCC(=O)c2coc(C(=O)/C=C/c3cc(OC)ccc3OC)c21. The highest BCUT2D eigenvalue weighted by atomic mass is 16.5. The van der Waals surface area contributed by atoms with Gasteiger partial charge in [0.25, 0.3) is 0 Å². The predicted molar refractivity (Wildman–Crippen MR) is 103 cm³/mol. The minimum atomic E-state index is -0.470. The molecule has 27 heavy (non-hydrogen) atoms. The van der Waals surface area contributed by atoms with Crippen LogP contribution in [0.4, 0.5) is 0 Å². The fourth-order valence-electron chi connectivity index (χ4n) is 3.36. The Morgan fingerprint density at radius 1 is 1.30 bits per heavy atom. The van der Waals surface area contributed by atoms with Crippen LogP contribution in [-0.4, -0.2) is 25.8 Å². The molecule has 5 heteroatoms. The fourth-order valence-corrected chi connectivity index (χ4v) is 3.36. The maximum Gasteiger partial charge on any atom is 0.221 e. The average Bonchev–Trinajstić information content (AvgIpc) is 3.16. The van der Waals surface area contributed by atoms with Crippen molar-refractivity contribution in [3.05, 3.63) is 65.6 Å². The number of methoxy groups -OCH3 is 2. The summed E-state index contributed by atoms with van der Waals surface area (Å²) in [5.74, 6) is 1.13. The number of carbonyl (C=O) groups excluding carboxylic acids is 2. The Hall–Kier alpha value is -3.08. The molecule has 140 valence electrons. The summed E-state index contributed by atoms with van der Waals surface area (Å²) < 4.78 is 16.1. The molecule has 0 amide bonds. The summed E-state index contributed by atoms with van der Waals surface area (Å²) in [6, 6.07) is 5.32. The van der Waals surface area contributed by atoms with Crippen molar-refractivity contribution in [3.8, 4) is 11.5 Å². The first-order valence-corrected chi connectivity index (χ1v) is 8.66. The Morgan fingerprint density at radius 2 is 2.07 bits per heavy atom. The molecule has 1 aromatic heterocycles. The topological polar surface area (TPSA) is 65.7 Å². The molecule has 0 bridgehead atoms. The molecule has 0 radical (unpaired) electrons. The van der Waals surface area contributed by atoms with Gasteiger partial charge < -0.3 is 13.9 Å². The predicted octanol–water partition coefficient (Wildman–Crippen LogP) is 4.61. The van der Waals surface area contributed by atoms with E-state index in [1.807, 2.05) is 6.92 Å². The first kappa shape index (κ1) is 18.7. The molecular weight excluding hydrogens is 344 g/mol. The van der Waals surface area contributed by atoms with E-state index in [-0.39, 0.29) is 17.3 Å². The minimum Gasteiger partial charge on any atom is -0.497 e. The quantitative estimate of drug-likeness (QED) is 0.424. The van der Waals surface area contributed by atoms with Crippen molar-refractivity contribution in [1.29, 1.82) is 0 Å². The Labute approximate surface area is 158 Å². The summed E-state index contributed by atoms with van der Waals surface area (Å²) >= 11 is 0. The van der Waals surface area contributed by atoms with Gasteiger partial charge in [0.1, 0.15) is 17.8 Å². The van der Waals surface area contributed by atoms with Crippen molar-refractivity contribution in [1.82, 2.24) is 0 Å². The lowest BCUT2D eigenvalue weighted by atomic mass is 9.71. The van der Waals surface area contributed by atoms with Crippen LogP contribution in [0.5, 0.6) is 11.5 Å². The van der Waals surface area contributed by atoms with Crippen molar-refractivity contribution in [2.45, 2.75) is 25.2 Å². The number of furan rings is 1. The molecule has 0 aliphatic heterocycles. The van der Waals surface area contributed by atoms with E-state index in [1.54, 1.807) is 44.6 Å². The minimum absolute atomic E-state index is 0.00873. The largest absolute Gasteiger partial charge is 0.497 e. The van der Waals surface area contributed by atoms with Crippen molar-refractivity contribution >= 4 is 17.6 Å². The summed E-state index contributed by atoms with van der Waals surface area (Å²) in [6.07, 6.45) is 7.24. The van der Waals surface area contributed by atoms with Crippen molar-refractivity contribution in [2.75, 3.05) is 14.2 Å². The van der Waals surface area contributed by atoms with Crippen LogP contribution < -0.4 is 9.47 Å². The second-order valence-electron chi connectivity index (χ2n) is 6.70. The van der Waals surface area contributed by atoms with E-state index in [0.29, 0.717) is 41.0 Å². The maximum absolute atomic E-state index is 12.8. The first-order chi connectivity index (χ1) is 12.9. The van der Waals surface area contributed by atoms with E-state index in [1.165, 1.54) is 12.3 Å². The Balaban J connectivity index is 1.98. The van der Waals surface area contributed by atoms with Crippen LogP contribution in [0.15, 0.2) is 47.6 Å². The van der Waals surface area contributed by atoms with Gasteiger partial charge in [-0.2, -0.15) is 0 Å². The number of hydrogen-bond acceptors (Lipinski definition) is 5. The fraction of sp³-hybridized carbons (Fsp3) is 0.273. The molecule has 2 aromatic rings. The average molecular weight is 366 g/mol. The standard InChI is InChI=1S/C22H22O5/c1-5-22(2)11-10-17(23)16-13-27-21(20(16)22)18(24)8-6-14-12-15(25-3)7-9-19(14)26-4/h5-9,12-13H,1,10-11H2,2-4H3/b8-6+/t22-/m0/s1. The zero-order chi connectivity index (χ0) is 19.6. The number of allylic oxidation sites excluding steroid dienone is 2. The summed E-state index contributed by atoms with van der Waals surface area (Å²) in [5.41, 5.74) is 1.33. The van der Waals surface area contributed by atoms with E-state index < -0.39 is 5.41 Å². The van der Waals surface area contributed by atoms with E-state index in [4.69, 9.17) is 13.9 Å². The van der Waals surface area contributed by atoms with Gasteiger partial charge in [0.2, 0.25) is 5.78 Å². The molecule has 3 rings (SSSR count). The number of ether oxygens (including phenoxy) is 2. The molecule has 0 spiro atoms. The molecule has 0 saturated carbocycles.